The maximum absolute atomic E-state index is 12.3. The van der Waals surface area contributed by atoms with E-state index in [-0.39, 0.29) is 5.91 Å². The van der Waals surface area contributed by atoms with Gasteiger partial charge in [-0.15, -0.1) is 0 Å². The lowest BCUT2D eigenvalue weighted by atomic mass is 10.1. The Balaban J connectivity index is 1.69. The maximum atomic E-state index is 12.3. The van der Waals surface area contributed by atoms with Crippen molar-refractivity contribution in [3.05, 3.63) is 83.4 Å². The van der Waals surface area contributed by atoms with Crippen LogP contribution in [-0.2, 0) is 0 Å². The molecule has 0 heterocycles. The monoisotopic (exact) mass is 347 g/mol. The molecule has 0 fully saturated rings. The number of hydrogen-bond acceptors (Lipinski definition) is 3. The maximum Gasteiger partial charge on any atom is 0.255 e. The molecule has 4 nitrogen and oxygen atoms in total. The van der Waals surface area contributed by atoms with Crippen LogP contribution in [0.25, 0.3) is 0 Å². The van der Waals surface area contributed by atoms with Gasteiger partial charge in [-0.1, -0.05) is 18.2 Å². The van der Waals surface area contributed by atoms with E-state index in [9.17, 15) is 4.79 Å². The van der Waals surface area contributed by atoms with E-state index in [4.69, 9.17) is 9.47 Å². The van der Waals surface area contributed by atoms with Gasteiger partial charge in [0.15, 0.2) is 0 Å². The van der Waals surface area contributed by atoms with Crippen LogP contribution in [0.1, 0.15) is 21.5 Å². The number of methoxy groups -OCH3 is 1. The van der Waals surface area contributed by atoms with E-state index in [1.165, 1.54) is 0 Å². The predicted molar refractivity (Wildman–Crippen MR) is 103 cm³/mol. The number of nitrogens with one attached hydrogen (secondary N) is 1. The molecular formula is C22H21NO3. The Labute approximate surface area is 153 Å². The number of carbonyl (C=O) groups excluding carboxylic acids is 1. The number of anilines is 1. The van der Waals surface area contributed by atoms with E-state index < -0.39 is 0 Å². The molecule has 0 saturated carbocycles. The molecule has 26 heavy (non-hydrogen) atoms. The van der Waals surface area contributed by atoms with E-state index in [2.05, 4.69) is 11.4 Å². The van der Waals surface area contributed by atoms with E-state index in [0.717, 1.165) is 22.6 Å². The SMILES string of the molecule is COc1cccc(C(=O)Nc2ccc(Oc3cc(C)ccc3C)cc2)c1. The largest absolute Gasteiger partial charge is 0.497 e. The molecule has 0 atom stereocenters. The van der Waals surface area contributed by atoms with E-state index >= 15 is 0 Å². The van der Waals surface area contributed by atoms with Gasteiger partial charge in [-0.3, -0.25) is 4.79 Å². The predicted octanol–water partition coefficient (Wildman–Crippen LogP) is 5.36. The van der Waals surface area contributed by atoms with E-state index in [0.29, 0.717) is 17.0 Å². The molecule has 0 aliphatic carbocycles. The summed E-state index contributed by atoms with van der Waals surface area (Å²) in [6.07, 6.45) is 0. The molecule has 132 valence electrons. The van der Waals surface area contributed by atoms with Crippen molar-refractivity contribution in [1.82, 2.24) is 0 Å². The van der Waals surface area contributed by atoms with Gasteiger partial charge in [0, 0.05) is 11.3 Å². The fourth-order valence-electron chi connectivity index (χ4n) is 2.52. The third kappa shape index (κ3) is 4.22. The van der Waals surface area contributed by atoms with Gasteiger partial charge in [-0.05, 0) is 73.5 Å². The summed E-state index contributed by atoms with van der Waals surface area (Å²) in [7, 11) is 1.58. The summed E-state index contributed by atoms with van der Waals surface area (Å²) >= 11 is 0. The highest BCUT2D eigenvalue weighted by Gasteiger charge is 2.08. The summed E-state index contributed by atoms with van der Waals surface area (Å²) in [6.45, 7) is 4.04. The molecule has 0 unspecified atom stereocenters. The minimum Gasteiger partial charge on any atom is -0.497 e. The number of amides is 1. The lowest BCUT2D eigenvalue weighted by Crippen LogP contribution is -2.11. The number of carbonyl (C=O) groups is 1. The molecule has 0 spiro atoms. The molecule has 3 aromatic carbocycles. The summed E-state index contributed by atoms with van der Waals surface area (Å²) in [6, 6.07) is 20.4. The first-order valence-corrected chi connectivity index (χ1v) is 8.36. The van der Waals surface area contributed by atoms with Crippen molar-refractivity contribution < 1.29 is 14.3 Å². The number of rotatable bonds is 5. The Morgan fingerprint density at radius 2 is 1.65 bits per heavy atom. The number of benzene rings is 3. The molecule has 3 rings (SSSR count). The average molecular weight is 347 g/mol. The molecule has 3 aromatic rings. The van der Waals surface area contributed by atoms with Crippen molar-refractivity contribution in [3.63, 3.8) is 0 Å². The lowest BCUT2D eigenvalue weighted by Gasteiger charge is -2.11. The van der Waals surface area contributed by atoms with Gasteiger partial charge >= 0.3 is 0 Å². The highest BCUT2D eigenvalue weighted by atomic mass is 16.5. The van der Waals surface area contributed by atoms with Crippen molar-refractivity contribution in [2.45, 2.75) is 13.8 Å². The first kappa shape index (κ1) is 17.5. The molecule has 4 heteroatoms. The summed E-state index contributed by atoms with van der Waals surface area (Å²) in [5.74, 6) is 2.01. The zero-order valence-corrected chi connectivity index (χ0v) is 15.1. The molecule has 0 bridgehead atoms. The smallest absolute Gasteiger partial charge is 0.255 e. The molecule has 0 aromatic heterocycles. The van der Waals surface area contributed by atoms with Gasteiger partial charge in [-0.2, -0.15) is 0 Å². The van der Waals surface area contributed by atoms with Crippen molar-refractivity contribution in [2.75, 3.05) is 12.4 Å². The van der Waals surface area contributed by atoms with Gasteiger partial charge in [0.05, 0.1) is 7.11 Å². The Morgan fingerprint density at radius 3 is 2.38 bits per heavy atom. The third-order valence-electron chi connectivity index (χ3n) is 4.02. The molecule has 0 aliphatic heterocycles. The average Bonchev–Trinajstić information content (AvgIpc) is 2.66. The lowest BCUT2D eigenvalue weighted by molar-refractivity contribution is 0.102. The van der Waals surface area contributed by atoms with E-state index in [1.807, 2.05) is 50.2 Å². The number of aryl methyl sites for hydroxylation is 2. The highest BCUT2D eigenvalue weighted by Crippen LogP contribution is 2.27. The van der Waals surface area contributed by atoms with Crippen LogP contribution in [0.3, 0.4) is 0 Å². The van der Waals surface area contributed by atoms with Crippen LogP contribution in [0.2, 0.25) is 0 Å². The Kier molecular flexibility index (Phi) is 5.23. The Hall–Kier alpha value is -3.27. The molecule has 1 N–H and O–H groups in total. The molecular weight excluding hydrogens is 326 g/mol. The van der Waals surface area contributed by atoms with Crippen LogP contribution in [0, 0.1) is 13.8 Å². The van der Waals surface area contributed by atoms with Crippen molar-refractivity contribution in [2.24, 2.45) is 0 Å². The summed E-state index contributed by atoms with van der Waals surface area (Å²) in [4.78, 5) is 12.3. The fourth-order valence-corrected chi connectivity index (χ4v) is 2.52. The minimum absolute atomic E-state index is 0.188. The zero-order valence-electron chi connectivity index (χ0n) is 15.1. The summed E-state index contributed by atoms with van der Waals surface area (Å²) < 4.78 is 11.1. The van der Waals surface area contributed by atoms with Crippen LogP contribution in [0.15, 0.2) is 66.7 Å². The molecule has 0 radical (unpaired) electrons. The third-order valence-corrected chi connectivity index (χ3v) is 4.02. The van der Waals surface area contributed by atoms with Gasteiger partial charge < -0.3 is 14.8 Å². The topological polar surface area (TPSA) is 47.6 Å². The van der Waals surface area contributed by atoms with Crippen LogP contribution >= 0.6 is 0 Å². The second-order valence-electron chi connectivity index (χ2n) is 6.08. The second kappa shape index (κ2) is 7.74. The molecule has 1 amide bonds. The van der Waals surface area contributed by atoms with E-state index in [1.54, 1.807) is 31.4 Å². The quantitative estimate of drug-likeness (QED) is 0.676. The van der Waals surface area contributed by atoms with Crippen LogP contribution in [0.5, 0.6) is 17.2 Å². The Bertz CT molecular complexity index is 917. The van der Waals surface area contributed by atoms with Gasteiger partial charge in [-0.25, -0.2) is 0 Å². The standard InChI is InChI=1S/C22H21NO3/c1-15-7-8-16(2)21(13-15)26-19-11-9-18(10-12-19)23-22(24)17-5-4-6-20(14-17)25-3/h4-14H,1-3H3,(H,23,24). The van der Waals surface area contributed by atoms with Crippen molar-refractivity contribution in [1.29, 1.82) is 0 Å². The van der Waals surface area contributed by atoms with Gasteiger partial charge in [0.25, 0.3) is 5.91 Å². The van der Waals surface area contributed by atoms with Crippen molar-refractivity contribution >= 4 is 11.6 Å². The van der Waals surface area contributed by atoms with Gasteiger partial charge in [0.2, 0.25) is 0 Å². The first-order chi connectivity index (χ1) is 12.5. The van der Waals surface area contributed by atoms with Crippen LogP contribution < -0.4 is 14.8 Å². The van der Waals surface area contributed by atoms with Crippen molar-refractivity contribution in [3.8, 4) is 17.2 Å². The number of ether oxygens (including phenoxy) is 2. The van der Waals surface area contributed by atoms with Crippen LogP contribution in [0.4, 0.5) is 5.69 Å². The zero-order chi connectivity index (χ0) is 18.5. The normalized spacial score (nSPS) is 10.3. The molecule has 0 saturated heterocycles. The Morgan fingerprint density at radius 1 is 0.885 bits per heavy atom. The van der Waals surface area contributed by atoms with Crippen LogP contribution in [-0.4, -0.2) is 13.0 Å². The number of hydrogen-bond donors (Lipinski definition) is 1. The summed E-state index contributed by atoms with van der Waals surface area (Å²) in [5.41, 5.74) is 3.46. The second-order valence-corrected chi connectivity index (χ2v) is 6.08. The van der Waals surface area contributed by atoms with Gasteiger partial charge in [0.1, 0.15) is 17.2 Å². The highest BCUT2D eigenvalue weighted by molar-refractivity contribution is 6.04. The first-order valence-electron chi connectivity index (χ1n) is 8.36. The molecule has 0 aliphatic rings. The summed E-state index contributed by atoms with van der Waals surface area (Å²) in [5, 5.41) is 2.87. The fraction of sp³-hybridized carbons (Fsp3) is 0.136. The minimum atomic E-state index is -0.188.